The minimum atomic E-state index is -0.256. The number of para-hydroxylation sites is 1. The van der Waals surface area contributed by atoms with Crippen molar-refractivity contribution in [3.8, 4) is 11.8 Å². The van der Waals surface area contributed by atoms with Gasteiger partial charge >= 0.3 is 0 Å². The van der Waals surface area contributed by atoms with E-state index >= 15 is 0 Å². The fourth-order valence-electron chi connectivity index (χ4n) is 2.10. The second-order valence-electron chi connectivity index (χ2n) is 5.22. The van der Waals surface area contributed by atoms with Gasteiger partial charge in [0.15, 0.2) is 6.61 Å². The third-order valence-electron chi connectivity index (χ3n) is 3.18. The van der Waals surface area contributed by atoms with Gasteiger partial charge in [0.25, 0.3) is 5.91 Å². The molecule has 4 heteroatoms. The Kier molecular flexibility index (Phi) is 5.16. The van der Waals surface area contributed by atoms with Crippen LogP contribution in [0.1, 0.15) is 30.9 Å². The molecule has 0 spiro atoms. The van der Waals surface area contributed by atoms with E-state index in [4.69, 9.17) is 10.00 Å². The van der Waals surface area contributed by atoms with E-state index < -0.39 is 0 Å². The zero-order valence-electron chi connectivity index (χ0n) is 12.7. The number of nitriles is 1. The predicted molar refractivity (Wildman–Crippen MR) is 85.8 cm³/mol. The molecule has 0 atom stereocenters. The van der Waals surface area contributed by atoms with Crippen molar-refractivity contribution in [1.82, 2.24) is 0 Å². The molecule has 0 bridgehead atoms. The van der Waals surface area contributed by atoms with Gasteiger partial charge in [-0.15, -0.1) is 0 Å². The van der Waals surface area contributed by atoms with E-state index in [1.165, 1.54) is 0 Å². The number of ether oxygens (including phenoxy) is 1. The summed E-state index contributed by atoms with van der Waals surface area (Å²) in [5.74, 6) is 0.790. The summed E-state index contributed by atoms with van der Waals surface area (Å²) < 4.78 is 5.61. The summed E-state index contributed by atoms with van der Waals surface area (Å²) in [5, 5.41) is 11.6. The highest BCUT2D eigenvalue weighted by molar-refractivity contribution is 5.92. The van der Waals surface area contributed by atoms with Crippen LogP contribution in [0.2, 0.25) is 0 Å². The fraction of sp³-hybridized carbons (Fsp3) is 0.222. The normalized spacial score (nSPS) is 10.1. The quantitative estimate of drug-likeness (QED) is 0.914. The number of carbonyl (C=O) groups excluding carboxylic acids is 1. The molecule has 0 aliphatic rings. The number of hydrogen-bond acceptors (Lipinski definition) is 3. The van der Waals surface area contributed by atoms with Crippen molar-refractivity contribution in [3.05, 3.63) is 59.7 Å². The van der Waals surface area contributed by atoms with Crippen molar-refractivity contribution in [3.63, 3.8) is 0 Å². The van der Waals surface area contributed by atoms with E-state index in [1.807, 2.05) is 30.3 Å². The monoisotopic (exact) mass is 294 g/mol. The van der Waals surface area contributed by atoms with Crippen LogP contribution in [0.15, 0.2) is 48.5 Å². The smallest absolute Gasteiger partial charge is 0.262 e. The number of amides is 1. The van der Waals surface area contributed by atoms with Crippen molar-refractivity contribution in [2.45, 2.75) is 19.8 Å². The number of carbonyl (C=O) groups is 1. The van der Waals surface area contributed by atoms with Crippen molar-refractivity contribution in [1.29, 1.82) is 5.26 Å². The topological polar surface area (TPSA) is 62.1 Å². The molecule has 0 unspecified atom stereocenters. The number of nitrogens with one attached hydrogen (secondary N) is 1. The number of hydrogen-bond donors (Lipinski definition) is 1. The SMILES string of the molecule is CC(C)c1ccccc1OCC(=O)Nc1cccc(C#N)c1. The zero-order valence-corrected chi connectivity index (χ0v) is 12.7. The number of nitrogens with zero attached hydrogens (tertiary/aromatic N) is 1. The van der Waals surface area contributed by atoms with Crippen LogP contribution in [0.4, 0.5) is 5.69 Å². The van der Waals surface area contributed by atoms with Gasteiger partial charge in [-0.2, -0.15) is 5.26 Å². The maximum absolute atomic E-state index is 11.9. The lowest BCUT2D eigenvalue weighted by atomic mass is 10.0. The lowest BCUT2D eigenvalue weighted by Gasteiger charge is -2.13. The molecular formula is C18H18N2O2. The molecule has 0 aliphatic heterocycles. The Morgan fingerprint density at radius 3 is 2.73 bits per heavy atom. The molecule has 2 aromatic carbocycles. The molecular weight excluding hydrogens is 276 g/mol. The van der Waals surface area contributed by atoms with Crippen molar-refractivity contribution < 1.29 is 9.53 Å². The van der Waals surface area contributed by atoms with Crippen LogP contribution >= 0.6 is 0 Å². The first-order valence-electron chi connectivity index (χ1n) is 7.12. The average Bonchev–Trinajstić information content (AvgIpc) is 2.53. The molecule has 0 radical (unpaired) electrons. The van der Waals surface area contributed by atoms with Gasteiger partial charge in [0.2, 0.25) is 0 Å². The Morgan fingerprint density at radius 2 is 2.00 bits per heavy atom. The second kappa shape index (κ2) is 7.28. The fourth-order valence-corrected chi connectivity index (χ4v) is 2.10. The first kappa shape index (κ1) is 15.6. The lowest BCUT2D eigenvalue weighted by Crippen LogP contribution is -2.20. The number of anilines is 1. The molecule has 1 amide bonds. The Bertz CT molecular complexity index is 702. The minimum Gasteiger partial charge on any atom is -0.483 e. The van der Waals surface area contributed by atoms with E-state index in [1.54, 1.807) is 24.3 Å². The molecule has 0 heterocycles. The Balaban J connectivity index is 1.97. The summed E-state index contributed by atoms with van der Waals surface area (Å²) in [7, 11) is 0. The molecule has 2 rings (SSSR count). The van der Waals surface area contributed by atoms with Gasteiger partial charge < -0.3 is 10.1 Å². The van der Waals surface area contributed by atoms with Gasteiger partial charge in [-0.1, -0.05) is 38.1 Å². The predicted octanol–water partition coefficient (Wildman–Crippen LogP) is 3.70. The van der Waals surface area contributed by atoms with Gasteiger partial charge in [-0.25, -0.2) is 0 Å². The van der Waals surface area contributed by atoms with Crippen LogP contribution < -0.4 is 10.1 Å². The molecule has 0 fully saturated rings. The third kappa shape index (κ3) is 4.10. The third-order valence-corrected chi connectivity index (χ3v) is 3.18. The summed E-state index contributed by atoms with van der Waals surface area (Å²) in [6.45, 7) is 4.09. The summed E-state index contributed by atoms with van der Waals surface area (Å²) in [6.07, 6.45) is 0. The summed E-state index contributed by atoms with van der Waals surface area (Å²) >= 11 is 0. The minimum absolute atomic E-state index is 0.0689. The lowest BCUT2D eigenvalue weighted by molar-refractivity contribution is -0.118. The van der Waals surface area contributed by atoms with Gasteiger partial charge in [-0.05, 0) is 35.7 Å². The molecule has 0 aliphatic carbocycles. The Morgan fingerprint density at radius 1 is 1.23 bits per heavy atom. The van der Waals surface area contributed by atoms with Crippen LogP contribution in [0.5, 0.6) is 5.75 Å². The summed E-state index contributed by atoms with van der Waals surface area (Å²) in [5.41, 5.74) is 2.16. The van der Waals surface area contributed by atoms with Gasteiger partial charge in [-0.3, -0.25) is 4.79 Å². The number of benzene rings is 2. The maximum atomic E-state index is 11.9. The van der Waals surface area contributed by atoms with E-state index in [2.05, 4.69) is 19.2 Å². The van der Waals surface area contributed by atoms with Crippen molar-refractivity contribution in [2.24, 2.45) is 0 Å². The van der Waals surface area contributed by atoms with E-state index in [9.17, 15) is 4.79 Å². The molecule has 1 N–H and O–H groups in total. The van der Waals surface area contributed by atoms with E-state index in [0.29, 0.717) is 17.2 Å². The van der Waals surface area contributed by atoms with Gasteiger partial charge in [0.1, 0.15) is 5.75 Å². The average molecular weight is 294 g/mol. The van der Waals surface area contributed by atoms with Crippen molar-refractivity contribution >= 4 is 11.6 Å². The van der Waals surface area contributed by atoms with Crippen LogP contribution in [-0.2, 0) is 4.79 Å². The highest BCUT2D eigenvalue weighted by atomic mass is 16.5. The van der Waals surface area contributed by atoms with Crippen LogP contribution in [-0.4, -0.2) is 12.5 Å². The van der Waals surface area contributed by atoms with Crippen LogP contribution in [0.3, 0.4) is 0 Å². The number of rotatable bonds is 5. The highest BCUT2D eigenvalue weighted by Gasteiger charge is 2.09. The molecule has 0 saturated heterocycles. The zero-order chi connectivity index (χ0) is 15.9. The maximum Gasteiger partial charge on any atom is 0.262 e. The van der Waals surface area contributed by atoms with Gasteiger partial charge in [0.05, 0.1) is 11.6 Å². The highest BCUT2D eigenvalue weighted by Crippen LogP contribution is 2.25. The first-order valence-corrected chi connectivity index (χ1v) is 7.12. The summed E-state index contributed by atoms with van der Waals surface area (Å²) in [4.78, 5) is 11.9. The molecule has 112 valence electrons. The van der Waals surface area contributed by atoms with Gasteiger partial charge in [0, 0.05) is 5.69 Å². The van der Waals surface area contributed by atoms with Crippen LogP contribution in [0.25, 0.3) is 0 Å². The van der Waals surface area contributed by atoms with E-state index in [-0.39, 0.29) is 12.5 Å². The largest absolute Gasteiger partial charge is 0.483 e. The molecule has 22 heavy (non-hydrogen) atoms. The standard InChI is InChI=1S/C18H18N2O2/c1-13(2)16-8-3-4-9-17(16)22-12-18(21)20-15-7-5-6-14(10-15)11-19/h3-10,13H,12H2,1-2H3,(H,20,21). The molecule has 2 aromatic rings. The Hall–Kier alpha value is -2.80. The molecule has 0 aromatic heterocycles. The second-order valence-corrected chi connectivity index (χ2v) is 5.22. The molecule has 0 saturated carbocycles. The van der Waals surface area contributed by atoms with E-state index in [0.717, 1.165) is 11.3 Å². The molecule has 4 nitrogen and oxygen atoms in total. The first-order chi connectivity index (χ1) is 10.6. The van der Waals surface area contributed by atoms with Crippen LogP contribution in [0, 0.1) is 11.3 Å². The summed E-state index contributed by atoms with van der Waals surface area (Å²) in [6, 6.07) is 16.5. The Labute approximate surface area is 130 Å². The van der Waals surface area contributed by atoms with Crippen molar-refractivity contribution in [2.75, 3.05) is 11.9 Å².